The van der Waals surface area contributed by atoms with E-state index in [1.165, 1.54) is 21.6 Å². The summed E-state index contributed by atoms with van der Waals surface area (Å²) in [6.45, 7) is 7.12. The van der Waals surface area contributed by atoms with Crippen molar-refractivity contribution in [1.29, 1.82) is 0 Å². The molecule has 1 aliphatic rings. The van der Waals surface area contributed by atoms with Crippen LogP contribution in [-0.4, -0.2) is 37.5 Å². The van der Waals surface area contributed by atoms with Crippen LogP contribution in [0.3, 0.4) is 0 Å². The second kappa shape index (κ2) is 10.1. The van der Waals surface area contributed by atoms with Crippen molar-refractivity contribution in [3.63, 3.8) is 0 Å². The highest BCUT2D eigenvalue weighted by atomic mass is 127. The van der Waals surface area contributed by atoms with Gasteiger partial charge in [-0.15, -0.1) is 35.3 Å². The van der Waals surface area contributed by atoms with Gasteiger partial charge < -0.3 is 10.6 Å². The average molecular weight is 470 g/mol. The van der Waals surface area contributed by atoms with Gasteiger partial charge in [0.05, 0.1) is 6.54 Å². The minimum Gasteiger partial charge on any atom is -0.355 e. The first-order valence-electron chi connectivity index (χ1n) is 8.53. The van der Waals surface area contributed by atoms with Gasteiger partial charge in [-0.05, 0) is 41.5 Å². The third kappa shape index (κ3) is 5.69. The van der Waals surface area contributed by atoms with Gasteiger partial charge in [0, 0.05) is 38.1 Å². The summed E-state index contributed by atoms with van der Waals surface area (Å²) < 4.78 is 0. The Morgan fingerprint density at radius 3 is 2.72 bits per heavy atom. The van der Waals surface area contributed by atoms with Crippen LogP contribution in [0.15, 0.2) is 40.7 Å². The van der Waals surface area contributed by atoms with Crippen molar-refractivity contribution in [2.45, 2.75) is 26.4 Å². The first kappa shape index (κ1) is 20.2. The maximum atomic E-state index is 4.32. The Bertz CT molecular complexity index is 698. The summed E-state index contributed by atoms with van der Waals surface area (Å²) in [5.74, 6) is 0.875. The minimum atomic E-state index is 0. The molecule has 0 spiro atoms. The van der Waals surface area contributed by atoms with E-state index < -0.39 is 0 Å². The van der Waals surface area contributed by atoms with E-state index >= 15 is 0 Å². The fraction of sp³-hybridized carbons (Fsp3) is 0.421. The molecule has 6 heteroatoms. The van der Waals surface area contributed by atoms with Gasteiger partial charge in [0.2, 0.25) is 0 Å². The number of halogens is 1. The van der Waals surface area contributed by atoms with Gasteiger partial charge in [-0.25, -0.2) is 0 Å². The number of aryl methyl sites for hydroxylation is 1. The van der Waals surface area contributed by atoms with E-state index in [4.69, 9.17) is 0 Å². The number of nitrogens with one attached hydrogen (secondary N) is 2. The van der Waals surface area contributed by atoms with E-state index in [9.17, 15) is 0 Å². The van der Waals surface area contributed by atoms with Crippen molar-refractivity contribution in [2.75, 3.05) is 26.7 Å². The summed E-state index contributed by atoms with van der Waals surface area (Å²) in [4.78, 5) is 8.19. The van der Waals surface area contributed by atoms with Gasteiger partial charge >= 0.3 is 0 Å². The molecule has 2 N–H and O–H groups in total. The molecule has 4 nitrogen and oxygen atoms in total. The summed E-state index contributed by atoms with van der Waals surface area (Å²) in [5, 5.41) is 8.96. The second-order valence-corrected chi connectivity index (χ2v) is 7.17. The molecule has 1 aromatic carbocycles. The highest BCUT2D eigenvalue weighted by Crippen LogP contribution is 2.17. The molecular weight excluding hydrogens is 443 g/mol. The third-order valence-corrected chi connectivity index (χ3v) is 5.56. The summed E-state index contributed by atoms with van der Waals surface area (Å²) in [7, 11) is 1.83. The summed E-state index contributed by atoms with van der Waals surface area (Å²) >= 11 is 1.79. The van der Waals surface area contributed by atoms with Crippen LogP contribution in [0.2, 0.25) is 0 Å². The lowest BCUT2D eigenvalue weighted by Crippen LogP contribution is -2.42. The summed E-state index contributed by atoms with van der Waals surface area (Å²) in [5.41, 5.74) is 4.32. The lowest BCUT2D eigenvalue weighted by molar-refractivity contribution is 0.258. The Morgan fingerprint density at radius 2 is 2.00 bits per heavy atom. The highest BCUT2D eigenvalue weighted by Gasteiger charge is 2.15. The maximum absolute atomic E-state index is 4.32. The van der Waals surface area contributed by atoms with Crippen LogP contribution in [0, 0.1) is 6.92 Å². The molecule has 0 unspecified atom stereocenters. The van der Waals surface area contributed by atoms with Crippen LogP contribution < -0.4 is 10.6 Å². The molecule has 136 valence electrons. The van der Waals surface area contributed by atoms with Crippen molar-refractivity contribution in [2.24, 2.45) is 4.99 Å². The number of hydrogen-bond acceptors (Lipinski definition) is 3. The number of rotatable bonds is 5. The Hall–Kier alpha value is -1.12. The van der Waals surface area contributed by atoms with Crippen LogP contribution in [0.4, 0.5) is 0 Å². The Balaban J connectivity index is 0.00000225. The Morgan fingerprint density at radius 1 is 1.20 bits per heavy atom. The number of nitrogens with zero attached hydrogens (tertiary/aromatic N) is 2. The molecule has 1 aliphatic heterocycles. The molecule has 0 fully saturated rings. The SMILES string of the molecule is CN=C(NCCN1CCc2ccccc2C1)NCc1sccc1C.I. The molecule has 2 aromatic rings. The first-order valence-corrected chi connectivity index (χ1v) is 9.41. The molecular formula is C19H27IN4S. The van der Waals surface area contributed by atoms with Gasteiger partial charge in [-0.2, -0.15) is 0 Å². The predicted octanol–water partition coefficient (Wildman–Crippen LogP) is 3.40. The van der Waals surface area contributed by atoms with E-state index in [2.05, 4.69) is 63.2 Å². The Labute approximate surface area is 171 Å². The fourth-order valence-corrected chi connectivity index (χ4v) is 3.89. The van der Waals surface area contributed by atoms with Crippen LogP contribution in [0.25, 0.3) is 0 Å². The summed E-state index contributed by atoms with van der Waals surface area (Å²) in [6, 6.07) is 10.9. The molecule has 3 rings (SSSR count). The van der Waals surface area contributed by atoms with E-state index in [0.29, 0.717) is 0 Å². The zero-order valence-corrected chi connectivity index (χ0v) is 18.1. The average Bonchev–Trinajstić information content (AvgIpc) is 3.03. The molecule has 0 bridgehead atoms. The van der Waals surface area contributed by atoms with Crippen LogP contribution >= 0.6 is 35.3 Å². The minimum absolute atomic E-state index is 0. The van der Waals surface area contributed by atoms with Crippen molar-refractivity contribution >= 4 is 41.3 Å². The molecule has 0 radical (unpaired) electrons. The van der Waals surface area contributed by atoms with E-state index in [0.717, 1.165) is 45.1 Å². The van der Waals surface area contributed by atoms with Gasteiger partial charge in [-0.1, -0.05) is 24.3 Å². The zero-order chi connectivity index (χ0) is 16.8. The fourth-order valence-electron chi connectivity index (χ4n) is 3.05. The molecule has 25 heavy (non-hydrogen) atoms. The van der Waals surface area contributed by atoms with E-state index in [1.807, 2.05) is 7.05 Å². The number of benzene rings is 1. The van der Waals surface area contributed by atoms with Gasteiger partial charge in [0.25, 0.3) is 0 Å². The molecule has 0 amide bonds. The highest BCUT2D eigenvalue weighted by molar-refractivity contribution is 14.0. The predicted molar refractivity (Wildman–Crippen MR) is 118 cm³/mol. The molecule has 0 atom stereocenters. The van der Waals surface area contributed by atoms with Gasteiger partial charge in [0.15, 0.2) is 5.96 Å². The molecule has 0 saturated carbocycles. The van der Waals surface area contributed by atoms with Gasteiger partial charge in [-0.3, -0.25) is 9.89 Å². The van der Waals surface area contributed by atoms with Gasteiger partial charge in [0.1, 0.15) is 0 Å². The summed E-state index contributed by atoms with van der Waals surface area (Å²) in [6.07, 6.45) is 1.15. The van der Waals surface area contributed by atoms with E-state index in [-0.39, 0.29) is 24.0 Å². The Kier molecular flexibility index (Phi) is 8.18. The third-order valence-electron chi connectivity index (χ3n) is 4.54. The second-order valence-electron chi connectivity index (χ2n) is 6.17. The first-order chi connectivity index (χ1) is 11.8. The smallest absolute Gasteiger partial charge is 0.191 e. The quantitative estimate of drug-likeness (QED) is 0.400. The zero-order valence-electron chi connectivity index (χ0n) is 14.9. The van der Waals surface area contributed by atoms with Crippen molar-refractivity contribution < 1.29 is 0 Å². The number of guanidine groups is 1. The molecule has 0 saturated heterocycles. The molecule has 1 aromatic heterocycles. The maximum Gasteiger partial charge on any atom is 0.191 e. The van der Waals surface area contributed by atoms with Crippen molar-refractivity contribution in [1.82, 2.24) is 15.5 Å². The largest absolute Gasteiger partial charge is 0.355 e. The van der Waals surface area contributed by atoms with Crippen LogP contribution in [0.5, 0.6) is 0 Å². The lowest BCUT2D eigenvalue weighted by atomic mass is 10.00. The molecule has 0 aliphatic carbocycles. The topological polar surface area (TPSA) is 39.7 Å². The monoisotopic (exact) mass is 470 g/mol. The van der Waals surface area contributed by atoms with Crippen LogP contribution in [-0.2, 0) is 19.5 Å². The lowest BCUT2D eigenvalue weighted by Gasteiger charge is -2.28. The number of thiophene rings is 1. The standard InChI is InChI=1S/C19H26N4S.HI/c1-15-8-12-24-18(15)13-22-19(20-2)21-9-11-23-10-7-16-5-3-4-6-17(16)14-23;/h3-6,8,12H,7,9-11,13-14H2,1-2H3,(H2,20,21,22);1H. The van der Waals surface area contributed by atoms with Crippen LogP contribution in [0.1, 0.15) is 21.6 Å². The number of fused-ring (bicyclic) bond motifs is 1. The normalized spacial score (nSPS) is 14.6. The van der Waals surface area contributed by atoms with Crippen molar-refractivity contribution in [3.05, 3.63) is 57.3 Å². The van der Waals surface area contributed by atoms with Crippen molar-refractivity contribution in [3.8, 4) is 0 Å². The number of aliphatic imine (C=N–C) groups is 1. The number of hydrogen-bond donors (Lipinski definition) is 2. The molecule has 2 heterocycles. The van der Waals surface area contributed by atoms with E-state index in [1.54, 1.807) is 11.3 Å².